The molecule has 3 nitrogen and oxygen atoms in total. The third-order valence-corrected chi connectivity index (χ3v) is 3.04. The van der Waals surface area contributed by atoms with Crippen LogP contribution in [-0.2, 0) is 11.3 Å². The van der Waals surface area contributed by atoms with E-state index in [1.165, 1.54) is 6.07 Å². The fourth-order valence-corrected chi connectivity index (χ4v) is 2.03. The van der Waals surface area contributed by atoms with E-state index in [0.717, 1.165) is 43.8 Å². The molecule has 0 unspecified atom stereocenters. The highest BCUT2D eigenvalue weighted by Crippen LogP contribution is 2.21. The highest BCUT2D eigenvalue weighted by Gasteiger charge is 2.08. The predicted octanol–water partition coefficient (Wildman–Crippen LogP) is 2.80. The SMILES string of the molecule is CCCNCc1cc(F)ccc1N(C)CCCOC. The summed E-state index contributed by atoms with van der Waals surface area (Å²) < 4.78 is 18.4. The number of nitrogens with one attached hydrogen (secondary N) is 1. The molecule has 0 heterocycles. The van der Waals surface area contributed by atoms with Crippen LogP contribution >= 0.6 is 0 Å². The van der Waals surface area contributed by atoms with E-state index in [9.17, 15) is 4.39 Å². The van der Waals surface area contributed by atoms with Crippen LogP contribution in [0.25, 0.3) is 0 Å². The van der Waals surface area contributed by atoms with Crippen molar-refractivity contribution in [2.45, 2.75) is 26.3 Å². The van der Waals surface area contributed by atoms with Crippen molar-refractivity contribution in [1.82, 2.24) is 5.32 Å². The normalized spacial score (nSPS) is 10.7. The zero-order valence-corrected chi connectivity index (χ0v) is 12.2. The summed E-state index contributed by atoms with van der Waals surface area (Å²) >= 11 is 0. The van der Waals surface area contributed by atoms with Crippen LogP contribution in [0.3, 0.4) is 0 Å². The van der Waals surface area contributed by atoms with Crippen LogP contribution in [0.1, 0.15) is 25.3 Å². The van der Waals surface area contributed by atoms with Gasteiger partial charge in [0.25, 0.3) is 0 Å². The van der Waals surface area contributed by atoms with Crippen LogP contribution in [0.5, 0.6) is 0 Å². The lowest BCUT2D eigenvalue weighted by atomic mass is 10.1. The standard InChI is InChI=1S/C15H25FN2O/c1-4-8-17-12-13-11-14(16)6-7-15(13)18(2)9-5-10-19-3/h6-7,11,17H,4-5,8-10,12H2,1-3H3. The van der Waals surface area contributed by atoms with Gasteiger partial charge in [-0.3, -0.25) is 0 Å². The predicted molar refractivity (Wildman–Crippen MR) is 78.2 cm³/mol. The average molecular weight is 268 g/mol. The van der Waals surface area contributed by atoms with Crippen molar-refractivity contribution in [2.75, 3.05) is 38.8 Å². The summed E-state index contributed by atoms with van der Waals surface area (Å²) in [5.74, 6) is -0.178. The summed E-state index contributed by atoms with van der Waals surface area (Å²) in [6.45, 7) is 5.42. The molecule has 0 amide bonds. The van der Waals surface area contributed by atoms with Gasteiger partial charge in [-0.25, -0.2) is 4.39 Å². The molecule has 1 rings (SSSR count). The Balaban J connectivity index is 2.68. The number of anilines is 1. The van der Waals surface area contributed by atoms with Crippen LogP contribution in [-0.4, -0.2) is 33.9 Å². The zero-order valence-electron chi connectivity index (χ0n) is 12.2. The second-order valence-corrected chi connectivity index (χ2v) is 4.72. The molecule has 0 fully saturated rings. The number of methoxy groups -OCH3 is 1. The van der Waals surface area contributed by atoms with E-state index in [-0.39, 0.29) is 5.82 Å². The number of halogens is 1. The lowest BCUT2D eigenvalue weighted by Gasteiger charge is -2.22. The van der Waals surface area contributed by atoms with Gasteiger partial charge in [0.15, 0.2) is 0 Å². The van der Waals surface area contributed by atoms with E-state index in [1.54, 1.807) is 13.2 Å². The first-order valence-corrected chi connectivity index (χ1v) is 6.88. The molecule has 0 aliphatic rings. The zero-order chi connectivity index (χ0) is 14.1. The van der Waals surface area contributed by atoms with Gasteiger partial charge in [-0.15, -0.1) is 0 Å². The number of hydrogen-bond acceptors (Lipinski definition) is 3. The van der Waals surface area contributed by atoms with Gasteiger partial charge < -0.3 is 15.0 Å². The van der Waals surface area contributed by atoms with Crippen molar-refractivity contribution in [3.8, 4) is 0 Å². The number of hydrogen-bond donors (Lipinski definition) is 1. The number of nitrogens with zero attached hydrogens (tertiary/aromatic N) is 1. The molecular weight excluding hydrogens is 243 g/mol. The monoisotopic (exact) mass is 268 g/mol. The van der Waals surface area contributed by atoms with Crippen LogP contribution in [0, 0.1) is 5.82 Å². The first-order valence-electron chi connectivity index (χ1n) is 6.88. The maximum atomic E-state index is 13.4. The maximum absolute atomic E-state index is 13.4. The molecule has 1 aromatic rings. The number of ether oxygens (including phenoxy) is 1. The Kier molecular flexibility index (Phi) is 7.45. The van der Waals surface area contributed by atoms with Gasteiger partial charge in [0.2, 0.25) is 0 Å². The second-order valence-electron chi connectivity index (χ2n) is 4.72. The second kappa shape index (κ2) is 8.88. The van der Waals surface area contributed by atoms with Crippen LogP contribution in [0.4, 0.5) is 10.1 Å². The molecule has 0 aliphatic heterocycles. The molecule has 1 aromatic carbocycles. The summed E-state index contributed by atoms with van der Waals surface area (Å²) in [5, 5.41) is 3.32. The van der Waals surface area contributed by atoms with Gasteiger partial charge in [-0.05, 0) is 43.1 Å². The molecule has 0 atom stereocenters. The molecule has 0 spiro atoms. The highest BCUT2D eigenvalue weighted by molar-refractivity contribution is 5.53. The van der Waals surface area contributed by atoms with Crippen molar-refractivity contribution in [3.05, 3.63) is 29.6 Å². The van der Waals surface area contributed by atoms with E-state index < -0.39 is 0 Å². The minimum absolute atomic E-state index is 0.178. The van der Waals surface area contributed by atoms with Gasteiger partial charge in [0.05, 0.1) is 0 Å². The van der Waals surface area contributed by atoms with Gasteiger partial charge in [0, 0.05) is 39.5 Å². The maximum Gasteiger partial charge on any atom is 0.123 e. The van der Waals surface area contributed by atoms with Gasteiger partial charge in [0.1, 0.15) is 5.82 Å². The fourth-order valence-electron chi connectivity index (χ4n) is 2.03. The third-order valence-electron chi connectivity index (χ3n) is 3.04. The summed E-state index contributed by atoms with van der Waals surface area (Å²) in [5.41, 5.74) is 2.09. The molecule has 0 bridgehead atoms. The lowest BCUT2D eigenvalue weighted by Crippen LogP contribution is -2.23. The third kappa shape index (κ3) is 5.57. The van der Waals surface area contributed by atoms with Crippen molar-refractivity contribution < 1.29 is 9.13 Å². The van der Waals surface area contributed by atoms with E-state index in [2.05, 4.69) is 17.1 Å². The minimum Gasteiger partial charge on any atom is -0.385 e. The fraction of sp³-hybridized carbons (Fsp3) is 0.600. The first kappa shape index (κ1) is 15.9. The molecule has 19 heavy (non-hydrogen) atoms. The topological polar surface area (TPSA) is 24.5 Å². The molecule has 0 saturated carbocycles. The Morgan fingerprint density at radius 2 is 2.16 bits per heavy atom. The molecule has 0 saturated heterocycles. The largest absolute Gasteiger partial charge is 0.385 e. The van der Waals surface area contributed by atoms with Gasteiger partial charge in [-0.1, -0.05) is 6.92 Å². The smallest absolute Gasteiger partial charge is 0.123 e. The molecule has 108 valence electrons. The summed E-state index contributed by atoms with van der Waals surface area (Å²) in [7, 11) is 3.74. The van der Waals surface area contributed by atoms with Crippen LogP contribution in [0.15, 0.2) is 18.2 Å². The molecule has 0 aliphatic carbocycles. The Morgan fingerprint density at radius 3 is 2.84 bits per heavy atom. The quantitative estimate of drug-likeness (QED) is 0.697. The summed E-state index contributed by atoms with van der Waals surface area (Å²) in [6, 6.07) is 4.99. The van der Waals surface area contributed by atoms with Crippen molar-refractivity contribution in [2.24, 2.45) is 0 Å². The average Bonchev–Trinajstić information content (AvgIpc) is 2.39. The Hall–Kier alpha value is -1.13. The van der Waals surface area contributed by atoms with Gasteiger partial charge in [-0.2, -0.15) is 0 Å². The first-order chi connectivity index (χ1) is 9.19. The summed E-state index contributed by atoms with van der Waals surface area (Å²) in [4.78, 5) is 2.15. The summed E-state index contributed by atoms with van der Waals surface area (Å²) in [6.07, 6.45) is 2.04. The molecule has 1 N–H and O–H groups in total. The number of benzene rings is 1. The van der Waals surface area contributed by atoms with E-state index >= 15 is 0 Å². The Labute approximate surface area is 115 Å². The molecule has 0 radical (unpaired) electrons. The minimum atomic E-state index is -0.178. The Bertz CT molecular complexity index is 371. The van der Waals surface area contributed by atoms with Crippen molar-refractivity contribution in [1.29, 1.82) is 0 Å². The van der Waals surface area contributed by atoms with Crippen LogP contribution < -0.4 is 10.2 Å². The molecule has 0 aromatic heterocycles. The molecular formula is C15H25FN2O. The molecule has 4 heteroatoms. The Morgan fingerprint density at radius 1 is 1.37 bits per heavy atom. The number of rotatable bonds is 9. The highest BCUT2D eigenvalue weighted by atomic mass is 19.1. The van der Waals surface area contributed by atoms with Crippen molar-refractivity contribution in [3.63, 3.8) is 0 Å². The van der Waals surface area contributed by atoms with E-state index in [0.29, 0.717) is 6.54 Å². The van der Waals surface area contributed by atoms with E-state index in [1.807, 2.05) is 13.1 Å². The van der Waals surface area contributed by atoms with E-state index in [4.69, 9.17) is 4.74 Å². The van der Waals surface area contributed by atoms with Crippen molar-refractivity contribution >= 4 is 5.69 Å². The lowest BCUT2D eigenvalue weighted by molar-refractivity contribution is 0.196. The van der Waals surface area contributed by atoms with Crippen LogP contribution in [0.2, 0.25) is 0 Å². The van der Waals surface area contributed by atoms with Gasteiger partial charge >= 0.3 is 0 Å².